The van der Waals surface area contributed by atoms with Crippen molar-refractivity contribution >= 4 is 7.81 Å². The Morgan fingerprint density at radius 2 is 1.04 bits per heavy atom. The molecule has 0 amide bonds. The minimum absolute atomic E-state index is 0. The van der Waals surface area contributed by atoms with Crippen LogP contribution in [0.5, 0.6) is 0 Å². The van der Waals surface area contributed by atoms with Gasteiger partial charge in [-0.3, -0.25) is 0 Å². The molecule has 8 heteroatoms. The molecule has 0 atom stereocenters. The topological polar surface area (TPSA) is 0 Å². The monoisotopic (exact) mass is 476 g/mol. The SMILES string of the molecule is CC[C]1[C](C)[C](C)[C](C)[C]1C.F[P-](F)(F)(F)(F)F.[CH]1[CH][CH]C[CH][CH]1.[Rh]. The van der Waals surface area contributed by atoms with Crippen LogP contribution in [0.1, 0.15) is 47.5 Å². The van der Waals surface area contributed by atoms with Crippen LogP contribution in [0.2, 0.25) is 0 Å². The molecule has 0 bridgehead atoms. The largest absolute Gasteiger partial charge is 0.0465 e. The van der Waals surface area contributed by atoms with Crippen LogP contribution in [0.25, 0.3) is 0 Å². The van der Waals surface area contributed by atoms with E-state index in [0.29, 0.717) is 0 Å². The van der Waals surface area contributed by atoms with Crippen LogP contribution < -0.4 is 0 Å². The summed E-state index contributed by atoms with van der Waals surface area (Å²) in [7, 11) is -10.7. The maximum atomic E-state index is 9.87. The van der Waals surface area contributed by atoms with Gasteiger partial charge < -0.3 is 0 Å². The average Bonchev–Trinajstić information content (AvgIpc) is 2.62. The van der Waals surface area contributed by atoms with Gasteiger partial charge in [-0.05, 0) is 74.5 Å². The molecule has 0 nitrogen and oxygen atoms in total. The number of hydrogen-bond donors (Lipinski definition) is 0. The molecule has 0 unspecified atom stereocenters. The van der Waals surface area contributed by atoms with E-state index in [2.05, 4.69) is 60.3 Å². The minimum Gasteiger partial charge on any atom is -0.0465 e. The van der Waals surface area contributed by atoms with Crippen molar-refractivity contribution in [2.75, 3.05) is 0 Å². The van der Waals surface area contributed by atoms with Crippen LogP contribution in [-0.2, 0) is 19.5 Å². The fourth-order valence-corrected chi connectivity index (χ4v) is 2.28. The first-order valence-corrected chi connectivity index (χ1v) is 9.50. The Balaban J connectivity index is 0. The van der Waals surface area contributed by atoms with Crippen LogP contribution in [-0.4, -0.2) is 0 Å². The summed E-state index contributed by atoms with van der Waals surface area (Å²) in [4.78, 5) is 0. The predicted molar refractivity (Wildman–Crippen MR) is 88.9 cm³/mol. The van der Waals surface area contributed by atoms with E-state index in [1.165, 1.54) is 30.1 Å². The molecule has 2 aliphatic carbocycles. The van der Waals surface area contributed by atoms with Crippen molar-refractivity contribution in [1.82, 2.24) is 0 Å². The smallest absolute Gasteiger partial charge is 0 e. The Labute approximate surface area is 161 Å². The summed E-state index contributed by atoms with van der Waals surface area (Å²) in [5.74, 6) is 7.53. The molecule has 149 valence electrons. The number of rotatable bonds is 1. The maximum absolute atomic E-state index is 10.7. The molecule has 2 rings (SSSR count). The molecule has 2 aliphatic rings. The Hall–Kier alpha value is 0.633. The van der Waals surface area contributed by atoms with Crippen LogP contribution in [0.4, 0.5) is 25.2 Å². The average molecular weight is 476 g/mol. The summed E-state index contributed by atoms with van der Waals surface area (Å²) >= 11 is 0. The van der Waals surface area contributed by atoms with Gasteiger partial charge in [0, 0.05) is 19.5 Å². The molecule has 0 aromatic heterocycles. The molecule has 0 aliphatic heterocycles. The van der Waals surface area contributed by atoms with Crippen molar-refractivity contribution in [2.24, 2.45) is 0 Å². The summed E-state index contributed by atoms with van der Waals surface area (Å²) in [6.07, 6.45) is 12.7. The zero-order valence-corrected chi connectivity index (χ0v) is 17.4. The van der Waals surface area contributed by atoms with E-state index in [9.17, 15) is 25.2 Å². The van der Waals surface area contributed by atoms with Crippen LogP contribution in [0.3, 0.4) is 0 Å². The van der Waals surface area contributed by atoms with Gasteiger partial charge in [0.2, 0.25) is 0 Å². The van der Waals surface area contributed by atoms with E-state index < -0.39 is 7.81 Å². The fraction of sp³-hybridized carbons (Fsp3) is 0.412. The zero-order chi connectivity index (χ0) is 19.2. The van der Waals surface area contributed by atoms with Crippen molar-refractivity contribution in [1.29, 1.82) is 0 Å². The Morgan fingerprint density at radius 3 is 1.16 bits per heavy atom. The number of halogens is 6. The van der Waals surface area contributed by atoms with Gasteiger partial charge in [-0.25, -0.2) is 0 Å². The maximum Gasteiger partial charge on any atom is 0 e. The Morgan fingerprint density at radius 1 is 0.720 bits per heavy atom. The summed E-state index contributed by atoms with van der Waals surface area (Å²) in [5.41, 5.74) is 0. The number of hydrogen-bond acceptors (Lipinski definition) is 0. The third kappa shape index (κ3) is 15.4. The van der Waals surface area contributed by atoms with E-state index >= 15 is 0 Å². The third-order valence-electron chi connectivity index (χ3n) is 3.71. The van der Waals surface area contributed by atoms with Gasteiger partial charge in [-0.2, -0.15) is 0 Å². The van der Waals surface area contributed by atoms with E-state index in [0.717, 1.165) is 6.42 Å². The first-order valence-electron chi connectivity index (χ1n) is 7.47. The zero-order valence-electron chi connectivity index (χ0n) is 14.8. The summed E-state index contributed by atoms with van der Waals surface area (Å²) < 4.78 is 59.2. The van der Waals surface area contributed by atoms with E-state index in [4.69, 9.17) is 0 Å². The molecule has 0 N–H and O–H groups in total. The molecule has 2 saturated carbocycles. The van der Waals surface area contributed by atoms with Crippen LogP contribution in [0, 0.1) is 61.7 Å². The minimum atomic E-state index is -10.7. The predicted octanol–water partition coefficient (Wildman–Crippen LogP) is 8.15. The van der Waals surface area contributed by atoms with Gasteiger partial charge in [0.05, 0.1) is 0 Å². The van der Waals surface area contributed by atoms with Crippen molar-refractivity contribution in [3.63, 3.8) is 0 Å². The van der Waals surface area contributed by atoms with Gasteiger partial charge in [0.1, 0.15) is 0 Å². The summed E-state index contributed by atoms with van der Waals surface area (Å²) in [5, 5.41) is 0. The molecular formula is C17H24F6PRh-. The first kappa shape index (κ1) is 27.8. The van der Waals surface area contributed by atoms with Gasteiger partial charge in [-0.15, -0.1) is 0 Å². The second kappa shape index (κ2) is 9.71. The summed E-state index contributed by atoms with van der Waals surface area (Å²) in [6, 6.07) is 0. The van der Waals surface area contributed by atoms with Gasteiger partial charge in [-0.1, -0.05) is 34.6 Å². The van der Waals surface area contributed by atoms with Crippen LogP contribution in [0.15, 0.2) is 0 Å². The Bertz CT molecular complexity index is 328. The second-order valence-corrected chi connectivity index (χ2v) is 7.49. The molecule has 11 radical (unpaired) electrons. The standard InChI is InChI=1S/C11H17.C6H7.F6P.Rh/c1-6-11-9(4)7(2)8(3)10(11)5;1-2-4-6-5-3-1;1-7(2,3,4,5)6;/h6H2,1-5H3;1-5H,6H2;;/q;;-1;. The van der Waals surface area contributed by atoms with E-state index in [1.807, 2.05) is 6.42 Å². The second-order valence-electron chi connectivity index (χ2n) is 5.57. The molecule has 0 aromatic rings. The normalized spacial score (nSPS) is 24.1. The third-order valence-corrected chi connectivity index (χ3v) is 3.71. The fourth-order valence-electron chi connectivity index (χ4n) is 2.28. The summed E-state index contributed by atoms with van der Waals surface area (Å²) in [6.45, 7) is 11.1. The molecule has 0 spiro atoms. The molecular weight excluding hydrogens is 452 g/mol. The van der Waals surface area contributed by atoms with Gasteiger partial charge in [0.25, 0.3) is 0 Å². The molecule has 0 aromatic carbocycles. The van der Waals surface area contributed by atoms with Crippen LogP contribution >= 0.6 is 7.81 Å². The molecule has 0 heterocycles. The first-order chi connectivity index (χ1) is 10.5. The molecule has 0 saturated heterocycles. The van der Waals surface area contributed by atoms with Crippen molar-refractivity contribution in [3.8, 4) is 0 Å². The Kier molecular flexibility index (Phi) is 10.8. The van der Waals surface area contributed by atoms with Gasteiger partial charge in [0.15, 0.2) is 0 Å². The van der Waals surface area contributed by atoms with Gasteiger partial charge >= 0.3 is 33.0 Å². The van der Waals surface area contributed by atoms with Crippen molar-refractivity contribution in [3.05, 3.63) is 61.7 Å². The van der Waals surface area contributed by atoms with Crippen molar-refractivity contribution < 1.29 is 44.7 Å². The van der Waals surface area contributed by atoms with Crippen molar-refractivity contribution in [2.45, 2.75) is 47.5 Å². The molecule has 2 fully saturated rings. The molecule has 25 heavy (non-hydrogen) atoms. The van der Waals surface area contributed by atoms with E-state index in [-0.39, 0.29) is 19.5 Å². The van der Waals surface area contributed by atoms with E-state index in [1.54, 1.807) is 5.92 Å². The quantitative estimate of drug-likeness (QED) is 0.204.